The predicted molar refractivity (Wildman–Crippen MR) is 125 cm³/mol. The monoisotopic (exact) mass is 425 g/mol. The molecule has 0 spiro atoms. The average molecular weight is 426 g/mol. The Morgan fingerprint density at radius 1 is 1.13 bits per heavy atom. The number of benzene rings is 2. The fraction of sp³-hybridized carbons (Fsp3) is 0.480. The molecule has 0 unspecified atom stereocenters. The molecule has 1 amide bonds. The summed E-state index contributed by atoms with van der Waals surface area (Å²) in [4.78, 5) is 14.5. The molecule has 1 fully saturated rings. The van der Waals surface area contributed by atoms with Gasteiger partial charge in [0.05, 0.1) is 0 Å². The molecule has 0 atom stereocenters. The van der Waals surface area contributed by atoms with Gasteiger partial charge in [0.15, 0.2) is 0 Å². The van der Waals surface area contributed by atoms with Crippen LogP contribution in [0.1, 0.15) is 44.7 Å². The van der Waals surface area contributed by atoms with E-state index in [0.29, 0.717) is 24.8 Å². The van der Waals surface area contributed by atoms with Gasteiger partial charge in [-0.1, -0.05) is 30.3 Å². The number of piperidine rings is 1. The molecule has 2 aromatic rings. The lowest BCUT2D eigenvalue weighted by Gasteiger charge is -2.31. The van der Waals surface area contributed by atoms with Crippen molar-refractivity contribution in [1.29, 1.82) is 0 Å². The summed E-state index contributed by atoms with van der Waals surface area (Å²) in [5.74, 6) is 0.450. The van der Waals surface area contributed by atoms with E-state index in [0.717, 1.165) is 43.7 Å². The third-order valence-electron chi connectivity index (χ3n) is 5.43. The fourth-order valence-electron chi connectivity index (χ4n) is 3.78. The molecule has 1 saturated heterocycles. The standard InChI is InChI=1S/C25H35N3O3/c1-25(2,3)31-24(30)27-22-9-6-7-20(15-22)16-26-23-10-5-4-8-21(23)17-28-13-11-19(18-29)12-14-28/h4-10,15,19,26,29H,11-14,16-18H2,1-3H3,(H,27,30). The summed E-state index contributed by atoms with van der Waals surface area (Å²) in [5, 5.41) is 15.7. The number of anilines is 2. The number of hydrogen-bond donors (Lipinski definition) is 3. The van der Waals surface area contributed by atoms with E-state index < -0.39 is 11.7 Å². The van der Waals surface area contributed by atoms with E-state index in [9.17, 15) is 9.90 Å². The number of nitrogens with one attached hydrogen (secondary N) is 2. The van der Waals surface area contributed by atoms with Gasteiger partial charge in [-0.15, -0.1) is 0 Å². The topological polar surface area (TPSA) is 73.8 Å². The van der Waals surface area contributed by atoms with Crippen molar-refractivity contribution in [3.05, 3.63) is 59.7 Å². The summed E-state index contributed by atoms with van der Waals surface area (Å²) in [6.07, 6.45) is 1.67. The van der Waals surface area contributed by atoms with E-state index in [4.69, 9.17) is 4.74 Å². The number of hydrogen-bond acceptors (Lipinski definition) is 5. The Morgan fingerprint density at radius 2 is 1.87 bits per heavy atom. The predicted octanol–water partition coefficient (Wildman–Crippen LogP) is 4.85. The largest absolute Gasteiger partial charge is 0.444 e. The lowest BCUT2D eigenvalue weighted by atomic mass is 9.97. The highest BCUT2D eigenvalue weighted by atomic mass is 16.6. The quantitative estimate of drug-likeness (QED) is 0.591. The molecule has 3 rings (SSSR count). The van der Waals surface area contributed by atoms with Crippen molar-refractivity contribution < 1.29 is 14.6 Å². The summed E-state index contributed by atoms with van der Waals surface area (Å²) in [6.45, 7) is 9.45. The second-order valence-corrected chi connectivity index (χ2v) is 9.24. The van der Waals surface area contributed by atoms with Crippen LogP contribution in [0.15, 0.2) is 48.5 Å². The lowest BCUT2D eigenvalue weighted by molar-refractivity contribution is 0.0636. The van der Waals surface area contributed by atoms with Crippen LogP contribution in [0.2, 0.25) is 0 Å². The third kappa shape index (κ3) is 7.56. The van der Waals surface area contributed by atoms with Gasteiger partial charge in [-0.2, -0.15) is 0 Å². The molecule has 31 heavy (non-hydrogen) atoms. The maximum Gasteiger partial charge on any atom is 0.412 e. The molecule has 0 aliphatic carbocycles. The third-order valence-corrected chi connectivity index (χ3v) is 5.43. The first-order chi connectivity index (χ1) is 14.8. The first kappa shape index (κ1) is 23.1. The van der Waals surface area contributed by atoms with Gasteiger partial charge in [0.2, 0.25) is 0 Å². The fourth-order valence-corrected chi connectivity index (χ4v) is 3.78. The molecule has 2 aromatic carbocycles. The second kappa shape index (κ2) is 10.6. The van der Waals surface area contributed by atoms with Crippen LogP contribution >= 0.6 is 0 Å². The molecule has 0 saturated carbocycles. The van der Waals surface area contributed by atoms with Crippen LogP contribution in [-0.2, 0) is 17.8 Å². The number of carbonyl (C=O) groups excluding carboxylic acids is 1. The molecule has 1 aliphatic heterocycles. The molecule has 168 valence electrons. The number of ether oxygens (including phenoxy) is 1. The zero-order chi connectivity index (χ0) is 22.3. The summed E-state index contributed by atoms with van der Waals surface area (Å²) >= 11 is 0. The van der Waals surface area contributed by atoms with E-state index in [1.807, 2.05) is 51.1 Å². The van der Waals surface area contributed by atoms with Gasteiger partial charge in [-0.25, -0.2) is 4.79 Å². The molecule has 3 N–H and O–H groups in total. The number of aliphatic hydroxyl groups excluding tert-OH is 1. The lowest BCUT2D eigenvalue weighted by Crippen LogP contribution is -2.34. The number of rotatable bonds is 7. The van der Waals surface area contributed by atoms with Crippen molar-refractivity contribution in [1.82, 2.24) is 4.90 Å². The van der Waals surface area contributed by atoms with Crippen LogP contribution < -0.4 is 10.6 Å². The molecular formula is C25H35N3O3. The molecule has 1 aliphatic rings. The summed E-state index contributed by atoms with van der Waals surface area (Å²) in [6, 6.07) is 16.2. The number of carbonyl (C=O) groups is 1. The van der Waals surface area contributed by atoms with Crippen LogP contribution in [0.4, 0.5) is 16.2 Å². The maximum atomic E-state index is 12.0. The molecule has 6 heteroatoms. The van der Waals surface area contributed by atoms with Crippen molar-refractivity contribution in [2.24, 2.45) is 5.92 Å². The van der Waals surface area contributed by atoms with Crippen LogP contribution in [0.25, 0.3) is 0 Å². The summed E-state index contributed by atoms with van der Waals surface area (Å²) in [7, 11) is 0. The van der Waals surface area contributed by atoms with Crippen LogP contribution in [0.3, 0.4) is 0 Å². The highest BCUT2D eigenvalue weighted by Crippen LogP contribution is 2.23. The van der Waals surface area contributed by atoms with Gasteiger partial charge in [-0.05, 0) is 81.9 Å². The molecule has 0 radical (unpaired) electrons. The first-order valence-corrected chi connectivity index (χ1v) is 11.1. The smallest absolute Gasteiger partial charge is 0.412 e. The van der Waals surface area contributed by atoms with Gasteiger partial charge >= 0.3 is 6.09 Å². The van der Waals surface area contributed by atoms with Gasteiger partial charge in [0.1, 0.15) is 5.60 Å². The Labute approximate surface area is 185 Å². The summed E-state index contributed by atoms with van der Waals surface area (Å²) in [5.41, 5.74) is 3.66. The highest BCUT2D eigenvalue weighted by Gasteiger charge is 2.19. The highest BCUT2D eigenvalue weighted by molar-refractivity contribution is 5.84. The van der Waals surface area contributed by atoms with Crippen molar-refractivity contribution >= 4 is 17.5 Å². The van der Waals surface area contributed by atoms with Gasteiger partial charge in [0.25, 0.3) is 0 Å². The number of likely N-dealkylation sites (tertiary alicyclic amines) is 1. The van der Waals surface area contributed by atoms with E-state index in [-0.39, 0.29) is 0 Å². The Bertz CT molecular complexity index is 855. The minimum atomic E-state index is -0.527. The SMILES string of the molecule is CC(C)(C)OC(=O)Nc1cccc(CNc2ccccc2CN2CCC(CO)CC2)c1. The minimum Gasteiger partial charge on any atom is -0.444 e. The summed E-state index contributed by atoms with van der Waals surface area (Å²) < 4.78 is 5.33. The zero-order valence-electron chi connectivity index (χ0n) is 18.9. The van der Waals surface area contributed by atoms with E-state index in [1.54, 1.807) is 0 Å². The zero-order valence-corrected chi connectivity index (χ0v) is 18.9. The van der Waals surface area contributed by atoms with E-state index in [2.05, 4.69) is 33.7 Å². The Kier molecular flexibility index (Phi) is 7.93. The molecule has 0 aromatic heterocycles. The van der Waals surface area contributed by atoms with Gasteiger partial charge in [0, 0.05) is 31.1 Å². The van der Waals surface area contributed by atoms with Crippen molar-refractivity contribution in [3.63, 3.8) is 0 Å². The van der Waals surface area contributed by atoms with Gasteiger partial charge in [-0.3, -0.25) is 10.2 Å². The Hall–Kier alpha value is -2.57. The average Bonchev–Trinajstić information content (AvgIpc) is 2.72. The maximum absolute atomic E-state index is 12.0. The molecule has 1 heterocycles. The number of para-hydroxylation sites is 1. The van der Waals surface area contributed by atoms with Crippen molar-refractivity contribution in [2.45, 2.75) is 52.3 Å². The Balaban J connectivity index is 1.57. The Morgan fingerprint density at radius 3 is 2.58 bits per heavy atom. The van der Waals surface area contributed by atoms with E-state index in [1.165, 1.54) is 5.56 Å². The minimum absolute atomic E-state index is 0.299. The van der Waals surface area contributed by atoms with Crippen LogP contribution in [-0.4, -0.2) is 41.4 Å². The molecule has 6 nitrogen and oxygen atoms in total. The molecular weight excluding hydrogens is 390 g/mol. The number of amides is 1. The normalized spacial score (nSPS) is 15.5. The van der Waals surface area contributed by atoms with Crippen LogP contribution in [0.5, 0.6) is 0 Å². The van der Waals surface area contributed by atoms with Crippen LogP contribution in [0, 0.1) is 5.92 Å². The van der Waals surface area contributed by atoms with Crippen molar-refractivity contribution in [2.75, 3.05) is 30.3 Å². The molecule has 0 bridgehead atoms. The first-order valence-electron chi connectivity index (χ1n) is 11.1. The second-order valence-electron chi connectivity index (χ2n) is 9.24. The van der Waals surface area contributed by atoms with Gasteiger partial charge < -0.3 is 15.2 Å². The van der Waals surface area contributed by atoms with E-state index >= 15 is 0 Å². The van der Waals surface area contributed by atoms with Crippen molar-refractivity contribution in [3.8, 4) is 0 Å². The number of aliphatic hydroxyl groups is 1. The number of nitrogens with zero attached hydrogens (tertiary/aromatic N) is 1.